The molecule has 0 aliphatic heterocycles. The van der Waals surface area contributed by atoms with Crippen molar-refractivity contribution in [3.05, 3.63) is 34.9 Å². The molecule has 0 heterocycles. The van der Waals surface area contributed by atoms with Gasteiger partial charge in [-0.1, -0.05) is 36.6 Å². The van der Waals surface area contributed by atoms with Crippen molar-refractivity contribution in [1.82, 2.24) is 0 Å². The Hall–Kier alpha value is -1.48. The second-order valence-corrected chi connectivity index (χ2v) is 5.31. The highest BCUT2D eigenvalue weighted by Crippen LogP contribution is 2.35. The second kappa shape index (κ2) is 6.11. The molecule has 0 amide bonds. The molecule has 19 heavy (non-hydrogen) atoms. The van der Waals surface area contributed by atoms with E-state index < -0.39 is 5.97 Å². The summed E-state index contributed by atoms with van der Waals surface area (Å²) >= 11 is 6.30. The Labute approximate surface area is 118 Å². The number of halogens is 1. The molecule has 3 nitrogen and oxygen atoms in total. The largest absolute Gasteiger partial charge is 0.478 e. The minimum Gasteiger partial charge on any atom is -0.478 e. The van der Waals surface area contributed by atoms with Crippen LogP contribution in [0.25, 0.3) is 6.08 Å². The highest BCUT2D eigenvalue weighted by molar-refractivity contribution is 6.33. The molecular formula is C15H18ClNO2. The Balaban J connectivity index is 2.33. The monoisotopic (exact) mass is 279 g/mol. The van der Waals surface area contributed by atoms with Gasteiger partial charge in [0.1, 0.15) is 0 Å². The Kier molecular flexibility index (Phi) is 4.48. The smallest absolute Gasteiger partial charge is 0.328 e. The number of hydrogen-bond acceptors (Lipinski definition) is 2. The number of benzene rings is 1. The Morgan fingerprint density at radius 1 is 1.42 bits per heavy atom. The van der Waals surface area contributed by atoms with E-state index in [1.807, 2.05) is 25.2 Å². The van der Waals surface area contributed by atoms with Crippen LogP contribution in [0.15, 0.2) is 24.3 Å². The molecule has 0 unspecified atom stereocenters. The topological polar surface area (TPSA) is 40.5 Å². The first kappa shape index (κ1) is 13.9. The fraction of sp³-hybridized carbons (Fsp3) is 0.400. The molecule has 0 radical (unpaired) electrons. The van der Waals surface area contributed by atoms with E-state index in [4.69, 9.17) is 16.7 Å². The van der Waals surface area contributed by atoms with Crippen LogP contribution in [0.5, 0.6) is 0 Å². The van der Waals surface area contributed by atoms with Gasteiger partial charge in [-0.15, -0.1) is 0 Å². The average molecular weight is 280 g/mol. The van der Waals surface area contributed by atoms with Crippen LogP contribution in [0, 0.1) is 0 Å². The summed E-state index contributed by atoms with van der Waals surface area (Å²) in [5.74, 6) is -0.950. The maximum atomic E-state index is 10.7. The highest BCUT2D eigenvalue weighted by atomic mass is 35.5. The normalized spacial score (nSPS) is 16.1. The fourth-order valence-electron chi connectivity index (χ4n) is 2.67. The number of aliphatic carboxylic acids is 1. The third kappa shape index (κ3) is 3.29. The van der Waals surface area contributed by atoms with Gasteiger partial charge in [0.25, 0.3) is 0 Å². The quantitative estimate of drug-likeness (QED) is 0.852. The van der Waals surface area contributed by atoms with Gasteiger partial charge in [-0.2, -0.15) is 0 Å². The summed E-state index contributed by atoms with van der Waals surface area (Å²) in [6, 6.07) is 6.08. The molecule has 1 aromatic rings. The summed E-state index contributed by atoms with van der Waals surface area (Å²) in [7, 11) is 2.04. The molecule has 0 aromatic heterocycles. The van der Waals surface area contributed by atoms with Crippen LogP contribution in [0.4, 0.5) is 5.69 Å². The summed E-state index contributed by atoms with van der Waals surface area (Å²) in [6.45, 7) is 0. The molecule has 4 heteroatoms. The zero-order valence-corrected chi connectivity index (χ0v) is 11.7. The van der Waals surface area contributed by atoms with Crippen LogP contribution in [0.2, 0.25) is 5.02 Å². The molecule has 1 aromatic carbocycles. The number of carboxylic acids is 1. The maximum absolute atomic E-state index is 10.7. The van der Waals surface area contributed by atoms with Crippen molar-refractivity contribution in [2.24, 2.45) is 0 Å². The van der Waals surface area contributed by atoms with Crippen molar-refractivity contribution in [1.29, 1.82) is 0 Å². The van der Waals surface area contributed by atoms with Gasteiger partial charge in [0, 0.05) is 19.2 Å². The lowest BCUT2D eigenvalue weighted by atomic mass is 10.1. The number of hydrogen-bond donors (Lipinski definition) is 1. The lowest BCUT2D eigenvalue weighted by molar-refractivity contribution is -0.131. The highest BCUT2D eigenvalue weighted by Gasteiger charge is 2.22. The van der Waals surface area contributed by atoms with E-state index in [9.17, 15) is 4.79 Å². The molecule has 1 fully saturated rings. The molecule has 0 saturated heterocycles. The minimum atomic E-state index is -0.950. The maximum Gasteiger partial charge on any atom is 0.328 e. The van der Waals surface area contributed by atoms with E-state index in [1.165, 1.54) is 25.7 Å². The van der Waals surface area contributed by atoms with Crippen molar-refractivity contribution in [2.75, 3.05) is 11.9 Å². The first-order valence-electron chi connectivity index (χ1n) is 6.52. The van der Waals surface area contributed by atoms with Gasteiger partial charge >= 0.3 is 5.97 Å². The van der Waals surface area contributed by atoms with Crippen LogP contribution < -0.4 is 4.90 Å². The number of rotatable bonds is 4. The minimum absolute atomic E-state index is 0.497. The Morgan fingerprint density at radius 3 is 2.74 bits per heavy atom. The van der Waals surface area contributed by atoms with Crippen molar-refractivity contribution >= 4 is 29.3 Å². The van der Waals surface area contributed by atoms with Gasteiger partial charge in [0.05, 0.1) is 10.7 Å². The number of carbonyl (C=O) groups is 1. The molecule has 0 spiro atoms. The van der Waals surface area contributed by atoms with Crippen molar-refractivity contribution < 1.29 is 9.90 Å². The van der Waals surface area contributed by atoms with Crippen LogP contribution >= 0.6 is 11.6 Å². The van der Waals surface area contributed by atoms with E-state index in [0.29, 0.717) is 11.1 Å². The molecule has 0 atom stereocenters. The predicted molar refractivity (Wildman–Crippen MR) is 78.8 cm³/mol. The van der Waals surface area contributed by atoms with Gasteiger partial charge in [-0.05, 0) is 30.5 Å². The van der Waals surface area contributed by atoms with E-state index >= 15 is 0 Å². The fourth-order valence-corrected chi connectivity index (χ4v) is 2.99. The molecular weight excluding hydrogens is 262 g/mol. The van der Waals surface area contributed by atoms with Gasteiger partial charge in [0.15, 0.2) is 0 Å². The second-order valence-electron chi connectivity index (χ2n) is 4.90. The molecule has 1 N–H and O–H groups in total. The summed E-state index contributed by atoms with van der Waals surface area (Å²) < 4.78 is 0. The van der Waals surface area contributed by atoms with Gasteiger partial charge in [-0.25, -0.2) is 4.79 Å². The van der Waals surface area contributed by atoms with Crippen molar-refractivity contribution in [3.8, 4) is 0 Å². The van der Waals surface area contributed by atoms with Gasteiger partial charge in [-0.3, -0.25) is 0 Å². The first-order chi connectivity index (χ1) is 9.09. The van der Waals surface area contributed by atoms with Gasteiger partial charge in [0.2, 0.25) is 0 Å². The molecule has 0 bridgehead atoms. The number of nitrogens with zero attached hydrogens (tertiary/aromatic N) is 1. The molecule has 1 aliphatic carbocycles. The van der Waals surface area contributed by atoms with Crippen LogP contribution in [0.3, 0.4) is 0 Å². The Bertz CT molecular complexity index is 493. The molecule has 2 rings (SSSR count). The lowest BCUT2D eigenvalue weighted by Gasteiger charge is -2.29. The number of para-hydroxylation sites is 1. The zero-order chi connectivity index (χ0) is 13.8. The number of carboxylic acid groups (broad SMARTS) is 1. The van der Waals surface area contributed by atoms with E-state index in [2.05, 4.69) is 4.90 Å². The summed E-state index contributed by atoms with van der Waals surface area (Å²) in [6.07, 6.45) is 7.60. The predicted octanol–water partition coefficient (Wildman–Crippen LogP) is 3.82. The van der Waals surface area contributed by atoms with Crippen LogP contribution in [0.1, 0.15) is 31.2 Å². The number of anilines is 1. The average Bonchev–Trinajstić information content (AvgIpc) is 2.89. The third-order valence-corrected chi connectivity index (χ3v) is 3.95. The summed E-state index contributed by atoms with van der Waals surface area (Å²) in [5, 5.41) is 9.42. The molecule has 1 aliphatic rings. The zero-order valence-electron chi connectivity index (χ0n) is 11.0. The third-order valence-electron chi connectivity index (χ3n) is 3.65. The standard InChI is InChI=1S/C15H18ClNO2/c1-17(12-6-2-3-7-12)15-11(9-10-14(18)19)5-4-8-13(15)16/h4-5,8-10,12H,2-3,6-7H2,1H3,(H,18,19)/b10-9+. The summed E-state index contributed by atoms with van der Waals surface area (Å²) in [4.78, 5) is 12.9. The SMILES string of the molecule is CN(c1c(Cl)cccc1/C=C/C(=O)O)C1CCCC1. The first-order valence-corrected chi connectivity index (χ1v) is 6.89. The van der Waals surface area contributed by atoms with Crippen LogP contribution in [-0.2, 0) is 4.79 Å². The van der Waals surface area contributed by atoms with Crippen molar-refractivity contribution in [3.63, 3.8) is 0 Å². The lowest BCUT2D eigenvalue weighted by Crippen LogP contribution is -2.29. The van der Waals surface area contributed by atoms with E-state index in [0.717, 1.165) is 17.3 Å². The molecule has 1 saturated carbocycles. The Morgan fingerprint density at radius 2 is 2.11 bits per heavy atom. The van der Waals surface area contributed by atoms with Gasteiger partial charge < -0.3 is 10.0 Å². The van der Waals surface area contributed by atoms with Crippen LogP contribution in [-0.4, -0.2) is 24.2 Å². The summed E-state index contributed by atoms with van der Waals surface area (Å²) in [5.41, 5.74) is 1.78. The van der Waals surface area contributed by atoms with Crippen molar-refractivity contribution in [2.45, 2.75) is 31.7 Å². The van der Waals surface area contributed by atoms with E-state index in [1.54, 1.807) is 6.08 Å². The van der Waals surface area contributed by atoms with E-state index in [-0.39, 0.29) is 0 Å². The molecule has 102 valence electrons.